The zero-order valence-electron chi connectivity index (χ0n) is 14.8. The van der Waals surface area contributed by atoms with Gasteiger partial charge in [-0.2, -0.15) is 0 Å². The quantitative estimate of drug-likeness (QED) is 0.848. The molecule has 0 fully saturated rings. The highest BCUT2D eigenvalue weighted by atomic mass is 16.5. The van der Waals surface area contributed by atoms with Crippen LogP contribution in [0.3, 0.4) is 0 Å². The Kier molecular flexibility index (Phi) is 6.17. The van der Waals surface area contributed by atoms with Gasteiger partial charge in [0.1, 0.15) is 5.75 Å². The molecule has 3 amide bonds. The fraction of sp³-hybridized carbons (Fsp3) is 0.300. The molecule has 0 aromatic heterocycles. The van der Waals surface area contributed by atoms with E-state index < -0.39 is 11.9 Å². The molecule has 2 N–H and O–H groups in total. The fourth-order valence-corrected chi connectivity index (χ4v) is 2.51. The fourth-order valence-electron chi connectivity index (χ4n) is 2.51. The molecule has 0 aliphatic carbocycles. The second-order valence-corrected chi connectivity index (χ2v) is 6.21. The largest absolute Gasteiger partial charge is 0.484 e. The third kappa shape index (κ3) is 5.08. The van der Waals surface area contributed by atoms with E-state index >= 15 is 0 Å². The maximum Gasteiger partial charge on any atom is 0.321 e. The van der Waals surface area contributed by atoms with Crippen molar-refractivity contribution in [1.82, 2.24) is 10.6 Å². The molecule has 0 heterocycles. The Morgan fingerprint density at radius 2 is 1.56 bits per heavy atom. The minimum Gasteiger partial charge on any atom is -0.484 e. The zero-order valence-corrected chi connectivity index (χ0v) is 14.8. The highest BCUT2D eigenvalue weighted by Crippen LogP contribution is 2.32. The van der Waals surface area contributed by atoms with Crippen molar-refractivity contribution < 1.29 is 14.3 Å². The van der Waals surface area contributed by atoms with Gasteiger partial charge < -0.3 is 10.1 Å². The number of carbonyl (C=O) groups excluding carboxylic acids is 2. The first-order valence-electron chi connectivity index (χ1n) is 8.30. The van der Waals surface area contributed by atoms with Crippen LogP contribution in [0.25, 0.3) is 0 Å². The van der Waals surface area contributed by atoms with E-state index in [1.807, 2.05) is 42.5 Å². The predicted molar refractivity (Wildman–Crippen MR) is 97.7 cm³/mol. The van der Waals surface area contributed by atoms with Gasteiger partial charge in [-0.1, -0.05) is 56.3 Å². The number of carbonyl (C=O) groups is 2. The highest BCUT2D eigenvalue weighted by molar-refractivity contribution is 5.94. The summed E-state index contributed by atoms with van der Waals surface area (Å²) >= 11 is 0. The van der Waals surface area contributed by atoms with Crippen molar-refractivity contribution >= 4 is 11.9 Å². The SMILES string of the molecule is CCNC(=O)NC(=O)COc1ccc(C(C)(C)c2ccccc2)cc1. The van der Waals surface area contributed by atoms with Crippen molar-refractivity contribution in [3.05, 3.63) is 65.7 Å². The summed E-state index contributed by atoms with van der Waals surface area (Å²) in [5.74, 6) is 0.0957. The molecule has 132 valence electrons. The van der Waals surface area contributed by atoms with Crippen molar-refractivity contribution in [1.29, 1.82) is 0 Å². The van der Waals surface area contributed by atoms with Gasteiger partial charge in [-0.05, 0) is 30.2 Å². The molecule has 0 aliphatic heterocycles. The van der Waals surface area contributed by atoms with Gasteiger partial charge in [-0.25, -0.2) is 4.79 Å². The first-order valence-corrected chi connectivity index (χ1v) is 8.30. The van der Waals surface area contributed by atoms with Gasteiger partial charge in [0.2, 0.25) is 0 Å². The lowest BCUT2D eigenvalue weighted by Gasteiger charge is -2.26. The Morgan fingerprint density at radius 3 is 2.16 bits per heavy atom. The number of imide groups is 1. The first-order chi connectivity index (χ1) is 11.9. The van der Waals surface area contributed by atoms with Crippen molar-refractivity contribution in [3.8, 4) is 5.75 Å². The second-order valence-electron chi connectivity index (χ2n) is 6.21. The van der Waals surface area contributed by atoms with Crippen LogP contribution in [-0.4, -0.2) is 25.1 Å². The summed E-state index contributed by atoms with van der Waals surface area (Å²) in [7, 11) is 0. The monoisotopic (exact) mass is 340 g/mol. The van der Waals surface area contributed by atoms with Crippen LogP contribution in [0.4, 0.5) is 4.79 Å². The number of urea groups is 1. The van der Waals surface area contributed by atoms with Gasteiger partial charge in [-0.3, -0.25) is 10.1 Å². The molecular formula is C20H24N2O3. The summed E-state index contributed by atoms with van der Waals surface area (Å²) in [6, 6.07) is 17.4. The maximum absolute atomic E-state index is 11.6. The van der Waals surface area contributed by atoms with E-state index in [1.165, 1.54) is 5.56 Å². The smallest absolute Gasteiger partial charge is 0.321 e. The van der Waals surface area contributed by atoms with Crippen molar-refractivity contribution in [2.24, 2.45) is 0 Å². The summed E-state index contributed by atoms with van der Waals surface area (Å²) in [4.78, 5) is 22.9. The van der Waals surface area contributed by atoms with Crippen molar-refractivity contribution in [2.75, 3.05) is 13.2 Å². The summed E-state index contributed by atoms with van der Waals surface area (Å²) in [6.45, 7) is 6.35. The third-order valence-electron chi connectivity index (χ3n) is 4.03. The summed E-state index contributed by atoms with van der Waals surface area (Å²) in [5.41, 5.74) is 2.25. The average Bonchev–Trinajstić information content (AvgIpc) is 2.61. The van der Waals surface area contributed by atoms with Crippen LogP contribution in [-0.2, 0) is 10.2 Å². The minimum atomic E-state index is -0.518. The third-order valence-corrected chi connectivity index (χ3v) is 4.03. The molecule has 0 saturated carbocycles. The minimum absolute atomic E-state index is 0.130. The molecule has 2 rings (SSSR count). The molecule has 5 heteroatoms. The van der Waals surface area contributed by atoms with E-state index in [9.17, 15) is 9.59 Å². The second kappa shape index (κ2) is 8.33. The lowest BCUT2D eigenvalue weighted by Crippen LogP contribution is -2.41. The van der Waals surface area contributed by atoms with Crippen LogP contribution in [0.15, 0.2) is 54.6 Å². The summed E-state index contributed by atoms with van der Waals surface area (Å²) in [5, 5.41) is 4.68. The van der Waals surface area contributed by atoms with E-state index in [2.05, 4.69) is 36.6 Å². The Morgan fingerprint density at radius 1 is 0.960 bits per heavy atom. The molecule has 0 aliphatic rings. The van der Waals surface area contributed by atoms with Crippen LogP contribution in [0.1, 0.15) is 31.9 Å². The molecule has 0 saturated heterocycles. The molecule has 0 unspecified atom stereocenters. The van der Waals surface area contributed by atoms with Crippen LogP contribution in [0.2, 0.25) is 0 Å². The van der Waals surface area contributed by atoms with Gasteiger partial charge in [0.25, 0.3) is 5.91 Å². The van der Waals surface area contributed by atoms with Gasteiger partial charge >= 0.3 is 6.03 Å². The average molecular weight is 340 g/mol. The molecule has 0 spiro atoms. The maximum atomic E-state index is 11.6. The molecule has 2 aromatic rings. The van der Waals surface area contributed by atoms with E-state index in [0.717, 1.165) is 5.56 Å². The lowest BCUT2D eigenvalue weighted by molar-refractivity contribution is -0.122. The molecule has 0 bridgehead atoms. The number of hydrogen-bond acceptors (Lipinski definition) is 3. The Hall–Kier alpha value is -2.82. The molecular weight excluding hydrogens is 316 g/mol. The topological polar surface area (TPSA) is 67.4 Å². The van der Waals surface area contributed by atoms with Crippen LogP contribution in [0.5, 0.6) is 5.75 Å². The number of amides is 3. The van der Waals surface area contributed by atoms with Gasteiger partial charge in [-0.15, -0.1) is 0 Å². The van der Waals surface area contributed by atoms with Crippen molar-refractivity contribution in [3.63, 3.8) is 0 Å². The molecule has 0 atom stereocenters. The number of ether oxygens (including phenoxy) is 1. The number of nitrogens with one attached hydrogen (secondary N) is 2. The number of hydrogen-bond donors (Lipinski definition) is 2. The van der Waals surface area contributed by atoms with E-state index in [4.69, 9.17) is 4.74 Å². The van der Waals surface area contributed by atoms with Crippen LogP contribution in [0, 0.1) is 0 Å². The van der Waals surface area contributed by atoms with E-state index in [0.29, 0.717) is 12.3 Å². The zero-order chi connectivity index (χ0) is 18.3. The summed E-state index contributed by atoms with van der Waals surface area (Å²) < 4.78 is 5.43. The molecule has 2 aromatic carbocycles. The van der Waals surface area contributed by atoms with Crippen molar-refractivity contribution in [2.45, 2.75) is 26.2 Å². The Labute approximate surface area is 148 Å². The summed E-state index contributed by atoms with van der Waals surface area (Å²) in [6.07, 6.45) is 0. The van der Waals surface area contributed by atoms with Gasteiger partial charge in [0, 0.05) is 12.0 Å². The highest BCUT2D eigenvalue weighted by Gasteiger charge is 2.22. The van der Waals surface area contributed by atoms with Gasteiger partial charge in [0.15, 0.2) is 6.61 Å². The number of benzene rings is 2. The molecule has 0 radical (unpaired) electrons. The predicted octanol–water partition coefficient (Wildman–Crippen LogP) is 3.24. The Bertz CT molecular complexity index is 709. The van der Waals surface area contributed by atoms with Crippen LogP contribution < -0.4 is 15.4 Å². The molecule has 25 heavy (non-hydrogen) atoms. The normalized spacial score (nSPS) is 10.8. The first kappa shape index (κ1) is 18.5. The van der Waals surface area contributed by atoms with Gasteiger partial charge in [0.05, 0.1) is 0 Å². The van der Waals surface area contributed by atoms with Crippen LogP contribution >= 0.6 is 0 Å². The number of rotatable bonds is 6. The van der Waals surface area contributed by atoms with E-state index in [1.54, 1.807) is 6.92 Å². The Balaban J connectivity index is 1.96. The van der Waals surface area contributed by atoms with E-state index in [-0.39, 0.29) is 12.0 Å². The molecule has 5 nitrogen and oxygen atoms in total. The lowest BCUT2D eigenvalue weighted by atomic mass is 9.78. The standard InChI is InChI=1S/C20H24N2O3/c1-4-21-19(24)22-18(23)14-25-17-12-10-16(11-13-17)20(2,3)15-8-6-5-7-9-15/h5-13H,4,14H2,1-3H3,(H2,21,22,23,24).